The Bertz CT molecular complexity index is 1390. The summed E-state index contributed by atoms with van der Waals surface area (Å²) in [7, 11) is 0. The minimum Gasteiger partial charge on any atom is -0.338 e. The van der Waals surface area contributed by atoms with Gasteiger partial charge in [-0.2, -0.15) is 5.26 Å². The van der Waals surface area contributed by atoms with Crippen LogP contribution in [0.2, 0.25) is 5.02 Å². The van der Waals surface area contributed by atoms with Crippen LogP contribution in [0.1, 0.15) is 24.0 Å². The smallest absolute Gasteiger partial charge is 0.273 e. The SMILES string of the molecule is Cc1ccc(-n2c(=O)/c(=C/c3c(F)cccc3Cl)s/c2=C(\C#N)C(=O)N2CCCC2)cc1. The van der Waals surface area contributed by atoms with Crippen molar-refractivity contribution in [1.82, 2.24) is 9.47 Å². The van der Waals surface area contributed by atoms with Gasteiger partial charge in [0.05, 0.1) is 15.2 Å². The van der Waals surface area contributed by atoms with E-state index < -0.39 is 17.3 Å². The highest BCUT2D eigenvalue weighted by Gasteiger charge is 2.24. The molecule has 0 unspecified atom stereocenters. The van der Waals surface area contributed by atoms with E-state index in [1.807, 2.05) is 25.1 Å². The highest BCUT2D eigenvalue weighted by molar-refractivity contribution is 7.07. The normalized spacial score (nSPS) is 15.1. The number of carbonyl (C=O) groups is 1. The summed E-state index contributed by atoms with van der Waals surface area (Å²) in [5, 5.41) is 10.0. The van der Waals surface area contributed by atoms with Crippen molar-refractivity contribution in [3.8, 4) is 11.8 Å². The van der Waals surface area contributed by atoms with Crippen molar-refractivity contribution < 1.29 is 9.18 Å². The molecular formula is C24H19ClFN3O2S. The lowest BCUT2D eigenvalue weighted by Crippen LogP contribution is -2.35. The van der Waals surface area contributed by atoms with Crippen molar-refractivity contribution in [2.75, 3.05) is 13.1 Å². The van der Waals surface area contributed by atoms with E-state index >= 15 is 0 Å². The van der Waals surface area contributed by atoms with Crippen molar-refractivity contribution >= 4 is 40.5 Å². The molecule has 1 aromatic heterocycles. The molecule has 0 bridgehead atoms. The molecule has 0 radical (unpaired) electrons. The summed E-state index contributed by atoms with van der Waals surface area (Å²) in [6.07, 6.45) is 3.13. The maximum Gasteiger partial charge on any atom is 0.273 e. The van der Waals surface area contributed by atoms with E-state index in [2.05, 4.69) is 0 Å². The largest absolute Gasteiger partial charge is 0.338 e. The molecular weight excluding hydrogens is 449 g/mol. The molecule has 1 fully saturated rings. The Kier molecular flexibility index (Phi) is 6.26. The number of nitrogens with zero attached hydrogens (tertiary/aromatic N) is 3. The lowest BCUT2D eigenvalue weighted by atomic mass is 10.2. The van der Waals surface area contributed by atoms with Crippen LogP contribution >= 0.6 is 22.9 Å². The molecule has 162 valence electrons. The molecule has 3 aromatic rings. The molecule has 5 nitrogen and oxygen atoms in total. The summed E-state index contributed by atoms with van der Waals surface area (Å²) in [6.45, 7) is 3.08. The van der Waals surface area contributed by atoms with Gasteiger partial charge in [0.1, 0.15) is 16.5 Å². The Labute approximate surface area is 192 Å². The van der Waals surface area contributed by atoms with Gasteiger partial charge < -0.3 is 4.90 Å². The highest BCUT2D eigenvalue weighted by Crippen LogP contribution is 2.19. The van der Waals surface area contributed by atoms with Gasteiger partial charge in [-0.1, -0.05) is 35.4 Å². The van der Waals surface area contributed by atoms with Gasteiger partial charge in [-0.05, 0) is 50.1 Å². The topological polar surface area (TPSA) is 66.1 Å². The molecule has 4 rings (SSSR count). The number of halogens is 2. The van der Waals surface area contributed by atoms with Gasteiger partial charge >= 0.3 is 0 Å². The number of nitriles is 1. The van der Waals surface area contributed by atoms with E-state index in [1.54, 1.807) is 17.0 Å². The zero-order valence-electron chi connectivity index (χ0n) is 17.3. The van der Waals surface area contributed by atoms with E-state index in [9.17, 15) is 19.2 Å². The number of aryl methyl sites for hydroxylation is 1. The summed E-state index contributed by atoms with van der Waals surface area (Å²) in [5.74, 6) is -0.964. The van der Waals surface area contributed by atoms with Crippen LogP contribution in [-0.2, 0) is 4.79 Å². The second-order valence-electron chi connectivity index (χ2n) is 7.51. The lowest BCUT2D eigenvalue weighted by molar-refractivity contribution is -0.123. The standard InChI is InChI=1S/C24H19ClFN3O2S/c1-15-7-9-16(10-8-15)29-23(31)21(13-17-19(25)5-4-6-20(17)26)32-24(29)18(14-27)22(30)28-11-2-3-12-28/h4-10,13H,2-3,11-12H2,1H3/b21-13-,24-18+. The van der Waals surface area contributed by atoms with Crippen LogP contribution in [0, 0.1) is 24.1 Å². The fourth-order valence-electron chi connectivity index (χ4n) is 3.62. The minimum atomic E-state index is -0.564. The van der Waals surface area contributed by atoms with Gasteiger partial charge in [0.15, 0.2) is 5.57 Å². The highest BCUT2D eigenvalue weighted by atomic mass is 35.5. The Balaban J connectivity index is 2.05. The van der Waals surface area contributed by atoms with Crippen LogP contribution in [0.5, 0.6) is 0 Å². The van der Waals surface area contributed by atoms with Crippen molar-refractivity contribution in [3.05, 3.63) is 84.0 Å². The Morgan fingerprint density at radius 1 is 1.19 bits per heavy atom. The van der Waals surface area contributed by atoms with Crippen LogP contribution < -0.4 is 14.8 Å². The van der Waals surface area contributed by atoms with E-state index in [1.165, 1.54) is 28.8 Å². The lowest BCUT2D eigenvalue weighted by Gasteiger charge is -2.14. The van der Waals surface area contributed by atoms with E-state index in [0.29, 0.717) is 18.8 Å². The molecule has 2 heterocycles. The molecule has 1 saturated heterocycles. The summed E-state index contributed by atoms with van der Waals surface area (Å²) >= 11 is 7.13. The fraction of sp³-hybridized carbons (Fsp3) is 0.208. The molecule has 1 aliphatic heterocycles. The third-order valence-electron chi connectivity index (χ3n) is 5.32. The first-order valence-electron chi connectivity index (χ1n) is 10.1. The maximum atomic E-state index is 14.4. The molecule has 0 N–H and O–H groups in total. The third-order valence-corrected chi connectivity index (χ3v) is 6.75. The number of hydrogen-bond donors (Lipinski definition) is 0. The average molecular weight is 468 g/mol. The predicted molar refractivity (Wildman–Crippen MR) is 124 cm³/mol. The Morgan fingerprint density at radius 2 is 1.88 bits per heavy atom. The molecule has 32 heavy (non-hydrogen) atoms. The average Bonchev–Trinajstić information content (AvgIpc) is 3.41. The number of hydrogen-bond acceptors (Lipinski definition) is 4. The van der Waals surface area contributed by atoms with Gasteiger partial charge in [0, 0.05) is 18.7 Å². The second-order valence-corrected chi connectivity index (χ2v) is 8.95. The number of rotatable bonds is 3. The van der Waals surface area contributed by atoms with Gasteiger partial charge in [0.25, 0.3) is 11.5 Å². The first-order chi connectivity index (χ1) is 15.4. The fourth-order valence-corrected chi connectivity index (χ4v) is 4.92. The van der Waals surface area contributed by atoms with Gasteiger partial charge in [-0.25, -0.2) is 4.39 Å². The summed E-state index contributed by atoms with van der Waals surface area (Å²) in [6, 6.07) is 13.5. The maximum absolute atomic E-state index is 14.4. The van der Waals surface area contributed by atoms with Crippen LogP contribution in [-0.4, -0.2) is 28.5 Å². The second kappa shape index (κ2) is 9.11. The molecule has 0 saturated carbocycles. The third kappa shape index (κ3) is 4.12. The zero-order chi connectivity index (χ0) is 22.8. The van der Waals surface area contributed by atoms with Crippen LogP contribution in [0.15, 0.2) is 47.3 Å². The number of thiazole rings is 1. The molecule has 0 atom stereocenters. The van der Waals surface area contributed by atoms with Gasteiger partial charge in [0.2, 0.25) is 0 Å². The molecule has 1 aliphatic rings. The number of amides is 1. The summed E-state index contributed by atoms with van der Waals surface area (Å²) < 4.78 is 16.1. The van der Waals surface area contributed by atoms with Crippen LogP contribution in [0.4, 0.5) is 4.39 Å². The first kappa shape index (κ1) is 22.0. The van der Waals surface area contributed by atoms with E-state index in [0.717, 1.165) is 29.7 Å². The summed E-state index contributed by atoms with van der Waals surface area (Å²) in [4.78, 5) is 28.1. The van der Waals surface area contributed by atoms with Gasteiger partial charge in [-0.15, -0.1) is 11.3 Å². The number of carbonyl (C=O) groups excluding carboxylic acids is 1. The zero-order valence-corrected chi connectivity index (χ0v) is 18.8. The van der Waals surface area contributed by atoms with Crippen LogP contribution in [0.3, 0.4) is 0 Å². The van der Waals surface area contributed by atoms with Crippen molar-refractivity contribution in [2.45, 2.75) is 19.8 Å². The van der Waals surface area contributed by atoms with E-state index in [4.69, 9.17) is 11.6 Å². The molecule has 8 heteroatoms. The van der Waals surface area contributed by atoms with Gasteiger partial charge in [-0.3, -0.25) is 14.2 Å². The number of benzene rings is 2. The quantitative estimate of drug-likeness (QED) is 0.594. The van der Waals surface area contributed by atoms with Crippen molar-refractivity contribution in [3.63, 3.8) is 0 Å². The Morgan fingerprint density at radius 3 is 2.50 bits per heavy atom. The summed E-state index contributed by atoms with van der Waals surface area (Å²) in [5.41, 5.74) is 1.05. The van der Waals surface area contributed by atoms with E-state index in [-0.39, 0.29) is 25.4 Å². The molecule has 1 amide bonds. The monoisotopic (exact) mass is 467 g/mol. The van der Waals surface area contributed by atoms with Crippen LogP contribution in [0.25, 0.3) is 17.3 Å². The molecule has 2 aromatic carbocycles. The van der Waals surface area contributed by atoms with Crippen molar-refractivity contribution in [1.29, 1.82) is 5.26 Å². The predicted octanol–water partition coefficient (Wildman–Crippen LogP) is 3.13. The Hall–Kier alpha value is -3.21. The number of aromatic nitrogens is 1. The minimum absolute atomic E-state index is 0.0829. The number of likely N-dealkylation sites (tertiary alicyclic amines) is 1. The van der Waals surface area contributed by atoms with Crippen molar-refractivity contribution in [2.24, 2.45) is 0 Å². The molecule has 0 aliphatic carbocycles. The first-order valence-corrected chi connectivity index (χ1v) is 11.3. The molecule has 0 spiro atoms.